The molecular weight excluding hydrogens is 410 g/mol. The molecule has 1 aliphatic heterocycles. The number of phenols is 1. The summed E-state index contributed by atoms with van der Waals surface area (Å²) in [6.45, 7) is 7.71. The first-order valence-electron chi connectivity index (χ1n) is 6.87. The third-order valence-electron chi connectivity index (χ3n) is 3.65. The Balaban J connectivity index is 0.00000220. The molecule has 0 amide bonds. The minimum Gasteiger partial charge on any atom is -0.506 e. The van der Waals surface area contributed by atoms with Crippen molar-refractivity contribution in [3.8, 4) is 5.75 Å². The minimum atomic E-state index is 0. The van der Waals surface area contributed by atoms with Gasteiger partial charge in [-0.1, -0.05) is 33.6 Å². The van der Waals surface area contributed by atoms with Gasteiger partial charge in [-0.15, -0.1) is 31.4 Å². The molecule has 1 saturated heterocycles. The average molecular weight is 433 g/mol. The van der Waals surface area contributed by atoms with Crippen molar-refractivity contribution in [1.29, 1.82) is 0 Å². The van der Waals surface area contributed by atoms with Crippen LogP contribution in [0.25, 0.3) is 0 Å². The van der Waals surface area contributed by atoms with Gasteiger partial charge in [-0.05, 0) is 25.0 Å². The van der Waals surface area contributed by atoms with Gasteiger partial charge >= 0.3 is 0 Å². The average Bonchev–Trinajstić information content (AvgIpc) is 2.45. The van der Waals surface area contributed by atoms with Crippen LogP contribution >= 0.6 is 52.3 Å². The molecule has 1 heterocycles. The summed E-state index contributed by atoms with van der Waals surface area (Å²) in [6, 6.07) is 3.87. The third-order valence-corrected chi connectivity index (χ3v) is 4.40. The second-order valence-corrected chi connectivity index (χ2v) is 6.32. The highest BCUT2D eigenvalue weighted by molar-refractivity contribution is 9.10. The van der Waals surface area contributed by atoms with Crippen LogP contribution in [0.5, 0.6) is 5.75 Å². The summed E-state index contributed by atoms with van der Waals surface area (Å²) in [5.41, 5.74) is 0.896. The molecule has 0 bridgehead atoms. The quantitative estimate of drug-likeness (QED) is 0.670. The monoisotopic (exact) mass is 430 g/mol. The second-order valence-electron chi connectivity index (χ2n) is 4.99. The number of nitrogens with one attached hydrogen (secondary N) is 1. The molecule has 126 valence electrons. The number of aromatic hydroxyl groups is 1. The zero-order valence-electron chi connectivity index (χ0n) is 12.2. The molecule has 1 aliphatic rings. The Kier molecular flexibility index (Phi) is 10.8. The SMILES string of the molecule is C=CCC[C@H](c1cc(Br)cc(Cl)c1O)N1CCNCC1.Cl.Cl. The predicted octanol–water partition coefficient (Wildman–Crippen LogP) is 4.56. The molecule has 0 aliphatic carbocycles. The Hall–Kier alpha value is 0.0300. The molecule has 0 radical (unpaired) electrons. The standard InChI is InChI=1S/C15H20BrClN2O.2ClH/c1-2-3-4-14(19-7-5-18-6-8-19)12-9-11(16)10-13(17)15(12)20;;/h2,9-10,14,18,20H,1,3-8H2;2*1H/t14-;;/m1../s1. The van der Waals surface area contributed by atoms with Gasteiger partial charge in [0.05, 0.1) is 5.02 Å². The lowest BCUT2D eigenvalue weighted by molar-refractivity contribution is 0.163. The van der Waals surface area contributed by atoms with Crippen molar-refractivity contribution in [2.75, 3.05) is 26.2 Å². The van der Waals surface area contributed by atoms with Gasteiger partial charge in [0.15, 0.2) is 0 Å². The molecule has 1 atom stereocenters. The largest absolute Gasteiger partial charge is 0.506 e. The van der Waals surface area contributed by atoms with E-state index in [0.717, 1.165) is 49.1 Å². The molecule has 0 saturated carbocycles. The van der Waals surface area contributed by atoms with Gasteiger partial charge < -0.3 is 10.4 Å². The Morgan fingerprint density at radius 3 is 2.59 bits per heavy atom. The van der Waals surface area contributed by atoms with Crippen LogP contribution in [-0.2, 0) is 0 Å². The van der Waals surface area contributed by atoms with Crippen molar-refractivity contribution in [2.24, 2.45) is 0 Å². The fraction of sp³-hybridized carbons (Fsp3) is 0.467. The Morgan fingerprint density at radius 2 is 2.00 bits per heavy atom. The molecule has 0 unspecified atom stereocenters. The maximum atomic E-state index is 10.3. The highest BCUT2D eigenvalue weighted by Gasteiger charge is 2.25. The van der Waals surface area contributed by atoms with Gasteiger partial charge in [0.25, 0.3) is 0 Å². The maximum absolute atomic E-state index is 10.3. The zero-order chi connectivity index (χ0) is 14.5. The van der Waals surface area contributed by atoms with E-state index in [9.17, 15) is 5.11 Å². The molecule has 1 fully saturated rings. The van der Waals surface area contributed by atoms with Crippen molar-refractivity contribution in [2.45, 2.75) is 18.9 Å². The van der Waals surface area contributed by atoms with Crippen LogP contribution in [0.1, 0.15) is 24.4 Å². The zero-order valence-corrected chi connectivity index (χ0v) is 16.2. The van der Waals surface area contributed by atoms with E-state index in [1.54, 1.807) is 6.07 Å². The Labute approximate surface area is 158 Å². The first-order chi connectivity index (χ1) is 9.63. The summed E-state index contributed by atoms with van der Waals surface area (Å²) in [5, 5.41) is 14.1. The molecule has 0 spiro atoms. The van der Waals surface area contributed by atoms with Crippen LogP contribution in [0.4, 0.5) is 0 Å². The predicted molar refractivity (Wildman–Crippen MR) is 102 cm³/mol. The normalized spacial score (nSPS) is 16.3. The summed E-state index contributed by atoms with van der Waals surface area (Å²) in [4.78, 5) is 2.40. The highest BCUT2D eigenvalue weighted by atomic mass is 79.9. The fourth-order valence-corrected chi connectivity index (χ4v) is 3.48. The van der Waals surface area contributed by atoms with Crippen molar-refractivity contribution in [1.82, 2.24) is 10.2 Å². The van der Waals surface area contributed by atoms with E-state index in [4.69, 9.17) is 11.6 Å². The number of benzene rings is 1. The number of halogens is 4. The van der Waals surface area contributed by atoms with E-state index in [0.29, 0.717) is 5.02 Å². The summed E-state index contributed by atoms with van der Waals surface area (Å²) in [6.07, 6.45) is 3.77. The third kappa shape index (κ3) is 5.59. The van der Waals surface area contributed by atoms with Gasteiger partial charge in [-0.25, -0.2) is 0 Å². The Morgan fingerprint density at radius 1 is 1.36 bits per heavy atom. The van der Waals surface area contributed by atoms with Gasteiger partial charge in [0, 0.05) is 42.3 Å². The Bertz CT molecular complexity index is 482. The number of allylic oxidation sites excluding steroid dienone is 1. The van der Waals surface area contributed by atoms with E-state index < -0.39 is 0 Å². The van der Waals surface area contributed by atoms with Crippen LogP contribution in [0.3, 0.4) is 0 Å². The van der Waals surface area contributed by atoms with Gasteiger partial charge in [0.2, 0.25) is 0 Å². The number of hydrogen-bond acceptors (Lipinski definition) is 3. The summed E-state index contributed by atoms with van der Waals surface area (Å²) in [7, 11) is 0. The van der Waals surface area contributed by atoms with Crippen molar-refractivity contribution in [3.05, 3.63) is 39.8 Å². The number of phenolic OH excluding ortho intramolecular Hbond substituents is 1. The lowest BCUT2D eigenvalue weighted by atomic mass is 9.98. The maximum Gasteiger partial charge on any atom is 0.139 e. The number of rotatable bonds is 5. The summed E-state index contributed by atoms with van der Waals surface area (Å²) < 4.78 is 0.897. The number of piperazine rings is 1. The van der Waals surface area contributed by atoms with Gasteiger partial charge in [-0.3, -0.25) is 4.90 Å². The van der Waals surface area contributed by atoms with E-state index in [2.05, 4.69) is 32.7 Å². The second kappa shape index (κ2) is 10.7. The smallest absolute Gasteiger partial charge is 0.139 e. The lowest BCUT2D eigenvalue weighted by Crippen LogP contribution is -2.45. The van der Waals surface area contributed by atoms with Crippen LogP contribution in [-0.4, -0.2) is 36.2 Å². The molecule has 3 nitrogen and oxygen atoms in total. The van der Waals surface area contributed by atoms with Crippen LogP contribution in [0.2, 0.25) is 5.02 Å². The molecule has 2 rings (SSSR count). The van der Waals surface area contributed by atoms with Crippen molar-refractivity contribution >= 4 is 52.3 Å². The van der Waals surface area contributed by atoms with Crippen LogP contribution in [0.15, 0.2) is 29.3 Å². The van der Waals surface area contributed by atoms with Gasteiger partial charge in [0.1, 0.15) is 5.75 Å². The van der Waals surface area contributed by atoms with Crippen LogP contribution < -0.4 is 5.32 Å². The molecular formula is C15H22BrCl3N2O. The highest BCUT2D eigenvalue weighted by Crippen LogP contribution is 2.39. The fourth-order valence-electron chi connectivity index (χ4n) is 2.64. The molecule has 22 heavy (non-hydrogen) atoms. The van der Waals surface area contributed by atoms with Crippen LogP contribution in [0, 0.1) is 0 Å². The molecule has 1 aromatic rings. The lowest BCUT2D eigenvalue weighted by Gasteiger charge is -2.35. The molecule has 2 N–H and O–H groups in total. The molecule has 0 aromatic heterocycles. The first-order valence-corrected chi connectivity index (χ1v) is 8.04. The summed E-state index contributed by atoms with van der Waals surface area (Å²) >= 11 is 9.57. The minimum absolute atomic E-state index is 0. The van der Waals surface area contributed by atoms with Crippen molar-refractivity contribution in [3.63, 3.8) is 0 Å². The number of nitrogens with zero attached hydrogens (tertiary/aromatic N) is 1. The topological polar surface area (TPSA) is 35.5 Å². The van der Waals surface area contributed by atoms with E-state index in [1.807, 2.05) is 12.1 Å². The molecule has 7 heteroatoms. The number of hydrogen-bond donors (Lipinski definition) is 2. The van der Waals surface area contributed by atoms with Gasteiger partial charge in [-0.2, -0.15) is 0 Å². The van der Waals surface area contributed by atoms with Crippen molar-refractivity contribution < 1.29 is 5.11 Å². The van der Waals surface area contributed by atoms with E-state index in [-0.39, 0.29) is 36.6 Å². The van der Waals surface area contributed by atoms with E-state index >= 15 is 0 Å². The first kappa shape index (κ1) is 22.0. The molecule has 1 aromatic carbocycles. The van der Waals surface area contributed by atoms with E-state index in [1.165, 1.54) is 0 Å². The summed E-state index contributed by atoms with van der Waals surface area (Å²) in [5.74, 6) is 0.197.